The molecule has 0 saturated carbocycles. The predicted molar refractivity (Wildman–Crippen MR) is 72.3 cm³/mol. The van der Waals surface area contributed by atoms with Crippen LogP contribution in [0.5, 0.6) is 5.75 Å². The monoisotopic (exact) mass is 250 g/mol. The predicted octanol–water partition coefficient (Wildman–Crippen LogP) is 1.57. The summed E-state index contributed by atoms with van der Waals surface area (Å²) in [4.78, 5) is 11.9. The molecule has 0 aromatic heterocycles. The molecule has 1 aromatic carbocycles. The van der Waals surface area contributed by atoms with Crippen LogP contribution in [0.3, 0.4) is 0 Å². The minimum atomic E-state index is -0.546. The molecule has 0 bridgehead atoms. The number of benzene rings is 1. The standard InChI is InChI=1S/C14H22N2O2/c1-3-11(4-2)16-14(18)13(15)9-10-5-7-12(17)8-6-10/h5-8,11,13,17H,3-4,9,15H2,1-2H3,(H,16,18). The number of carbonyl (C=O) groups is 1. The first-order valence-corrected chi connectivity index (χ1v) is 6.40. The number of nitrogens with one attached hydrogen (secondary N) is 1. The van der Waals surface area contributed by atoms with Crippen LogP contribution in [0.1, 0.15) is 32.3 Å². The highest BCUT2D eigenvalue weighted by molar-refractivity contribution is 5.82. The van der Waals surface area contributed by atoms with E-state index in [4.69, 9.17) is 5.73 Å². The van der Waals surface area contributed by atoms with E-state index in [0.29, 0.717) is 6.42 Å². The summed E-state index contributed by atoms with van der Waals surface area (Å²) in [7, 11) is 0. The molecule has 18 heavy (non-hydrogen) atoms. The van der Waals surface area contributed by atoms with E-state index in [0.717, 1.165) is 18.4 Å². The van der Waals surface area contributed by atoms with Crippen LogP contribution in [0.25, 0.3) is 0 Å². The molecule has 1 rings (SSSR count). The maximum absolute atomic E-state index is 11.9. The molecule has 4 heteroatoms. The number of nitrogens with two attached hydrogens (primary N) is 1. The quantitative estimate of drug-likeness (QED) is 0.717. The summed E-state index contributed by atoms with van der Waals surface area (Å²) >= 11 is 0. The molecule has 1 amide bonds. The third-order valence-corrected chi connectivity index (χ3v) is 3.06. The van der Waals surface area contributed by atoms with Crippen LogP contribution in [-0.2, 0) is 11.2 Å². The molecule has 0 aliphatic carbocycles. The summed E-state index contributed by atoms with van der Waals surface area (Å²) in [5.41, 5.74) is 6.81. The lowest BCUT2D eigenvalue weighted by Gasteiger charge is -2.18. The van der Waals surface area contributed by atoms with E-state index in [9.17, 15) is 9.90 Å². The summed E-state index contributed by atoms with van der Waals surface area (Å²) < 4.78 is 0. The molecule has 0 heterocycles. The Bertz CT molecular complexity index is 372. The van der Waals surface area contributed by atoms with Gasteiger partial charge in [-0.25, -0.2) is 0 Å². The molecule has 4 nitrogen and oxygen atoms in total. The first kappa shape index (κ1) is 14.5. The van der Waals surface area contributed by atoms with Crippen molar-refractivity contribution in [3.63, 3.8) is 0 Å². The minimum absolute atomic E-state index is 0.114. The molecule has 1 aromatic rings. The van der Waals surface area contributed by atoms with E-state index in [-0.39, 0.29) is 17.7 Å². The average molecular weight is 250 g/mol. The van der Waals surface area contributed by atoms with E-state index >= 15 is 0 Å². The topological polar surface area (TPSA) is 75.4 Å². The molecule has 0 radical (unpaired) electrons. The van der Waals surface area contributed by atoms with Crippen LogP contribution in [0.15, 0.2) is 24.3 Å². The molecule has 4 N–H and O–H groups in total. The Kier molecular flexibility index (Phi) is 5.65. The van der Waals surface area contributed by atoms with Gasteiger partial charge in [-0.15, -0.1) is 0 Å². The van der Waals surface area contributed by atoms with Gasteiger partial charge in [0.15, 0.2) is 0 Å². The van der Waals surface area contributed by atoms with Crippen molar-refractivity contribution in [3.05, 3.63) is 29.8 Å². The van der Waals surface area contributed by atoms with E-state index in [1.807, 2.05) is 13.8 Å². The van der Waals surface area contributed by atoms with Gasteiger partial charge in [0.2, 0.25) is 5.91 Å². The zero-order chi connectivity index (χ0) is 13.5. The third-order valence-electron chi connectivity index (χ3n) is 3.06. The lowest BCUT2D eigenvalue weighted by molar-refractivity contribution is -0.123. The number of rotatable bonds is 6. The van der Waals surface area contributed by atoms with Crippen molar-refractivity contribution < 1.29 is 9.90 Å². The second-order valence-corrected chi connectivity index (χ2v) is 4.50. The van der Waals surface area contributed by atoms with E-state index in [1.54, 1.807) is 24.3 Å². The molecular weight excluding hydrogens is 228 g/mol. The van der Waals surface area contributed by atoms with Gasteiger partial charge in [-0.3, -0.25) is 4.79 Å². The Morgan fingerprint density at radius 2 is 1.83 bits per heavy atom. The SMILES string of the molecule is CCC(CC)NC(=O)C(N)Cc1ccc(O)cc1. The van der Waals surface area contributed by atoms with E-state index in [2.05, 4.69) is 5.32 Å². The van der Waals surface area contributed by atoms with Crippen LogP contribution in [0.4, 0.5) is 0 Å². The van der Waals surface area contributed by atoms with Crippen LogP contribution < -0.4 is 11.1 Å². The average Bonchev–Trinajstić information content (AvgIpc) is 2.38. The van der Waals surface area contributed by atoms with Gasteiger partial charge in [0, 0.05) is 6.04 Å². The second-order valence-electron chi connectivity index (χ2n) is 4.50. The minimum Gasteiger partial charge on any atom is -0.508 e. The van der Waals surface area contributed by atoms with Crippen LogP contribution in [-0.4, -0.2) is 23.1 Å². The summed E-state index contributed by atoms with van der Waals surface area (Å²) in [5.74, 6) is 0.102. The van der Waals surface area contributed by atoms with Crippen LogP contribution >= 0.6 is 0 Å². The van der Waals surface area contributed by atoms with Crippen molar-refractivity contribution in [2.24, 2.45) is 5.73 Å². The summed E-state index contributed by atoms with van der Waals surface area (Å²) in [6.45, 7) is 4.08. The summed E-state index contributed by atoms with van der Waals surface area (Å²) in [6.07, 6.45) is 2.30. The zero-order valence-electron chi connectivity index (χ0n) is 11.0. The normalized spacial score (nSPS) is 12.4. The smallest absolute Gasteiger partial charge is 0.237 e. The second kappa shape index (κ2) is 7.01. The van der Waals surface area contributed by atoms with Gasteiger partial charge in [-0.2, -0.15) is 0 Å². The van der Waals surface area contributed by atoms with Gasteiger partial charge in [-0.1, -0.05) is 26.0 Å². The lowest BCUT2D eigenvalue weighted by atomic mass is 10.0. The first-order valence-electron chi connectivity index (χ1n) is 6.40. The Morgan fingerprint density at radius 1 is 1.28 bits per heavy atom. The Labute approximate surface area is 108 Å². The zero-order valence-corrected chi connectivity index (χ0v) is 11.0. The summed E-state index contributed by atoms with van der Waals surface area (Å²) in [6, 6.07) is 6.40. The fourth-order valence-corrected chi connectivity index (χ4v) is 1.78. The van der Waals surface area contributed by atoms with Gasteiger partial charge < -0.3 is 16.2 Å². The van der Waals surface area contributed by atoms with E-state index in [1.165, 1.54) is 0 Å². The molecule has 0 aliphatic heterocycles. The van der Waals surface area contributed by atoms with Gasteiger partial charge in [0.25, 0.3) is 0 Å². The number of hydrogen-bond acceptors (Lipinski definition) is 3. The molecule has 0 saturated heterocycles. The molecule has 1 unspecified atom stereocenters. The van der Waals surface area contributed by atoms with Crippen molar-refractivity contribution >= 4 is 5.91 Å². The fraction of sp³-hybridized carbons (Fsp3) is 0.500. The van der Waals surface area contributed by atoms with Crippen molar-refractivity contribution in [2.75, 3.05) is 0 Å². The van der Waals surface area contributed by atoms with E-state index < -0.39 is 6.04 Å². The number of aromatic hydroxyl groups is 1. The molecule has 0 spiro atoms. The third kappa shape index (κ3) is 4.37. The van der Waals surface area contributed by atoms with Gasteiger partial charge in [0.05, 0.1) is 6.04 Å². The molecular formula is C14H22N2O2. The Balaban J connectivity index is 2.51. The number of amides is 1. The number of phenolic OH excluding ortho intramolecular Hbond substituents is 1. The number of phenols is 1. The first-order chi connectivity index (χ1) is 8.56. The van der Waals surface area contributed by atoms with Gasteiger partial charge in [-0.05, 0) is 37.0 Å². The maximum atomic E-state index is 11.9. The van der Waals surface area contributed by atoms with Crippen LogP contribution in [0.2, 0.25) is 0 Å². The van der Waals surface area contributed by atoms with Gasteiger partial charge >= 0.3 is 0 Å². The molecule has 100 valence electrons. The van der Waals surface area contributed by atoms with Gasteiger partial charge in [0.1, 0.15) is 5.75 Å². The lowest BCUT2D eigenvalue weighted by Crippen LogP contribution is -2.46. The Hall–Kier alpha value is -1.55. The highest BCUT2D eigenvalue weighted by Gasteiger charge is 2.16. The largest absolute Gasteiger partial charge is 0.508 e. The molecule has 0 fully saturated rings. The number of hydrogen-bond donors (Lipinski definition) is 3. The molecule has 1 atom stereocenters. The molecule has 0 aliphatic rings. The fourth-order valence-electron chi connectivity index (χ4n) is 1.78. The van der Waals surface area contributed by atoms with Crippen LogP contribution in [0, 0.1) is 0 Å². The summed E-state index contributed by atoms with van der Waals surface area (Å²) in [5, 5.41) is 12.1. The van der Waals surface area contributed by atoms with Crippen molar-refractivity contribution in [1.29, 1.82) is 0 Å². The number of carbonyl (C=O) groups excluding carboxylic acids is 1. The Morgan fingerprint density at radius 3 is 2.33 bits per heavy atom. The highest BCUT2D eigenvalue weighted by atomic mass is 16.3. The maximum Gasteiger partial charge on any atom is 0.237 e. The highest BCUT2D eigenvalue weighted by Crippen LogP contribution is 2.11. The van der Waals surface area contributed by atoms with Crippen molar-refractivity contribution in [1.82, 2.24) is 5.32 Å². The van der Waals surface area contributed by atoms with Crippen molar-refractivity contribution in [3.8, 4) is 5.75 Å². The van der Waals surface area contributed by atoms with Crippen molar-refractivity contribution in [2.45, 2.75) is 45.2 Å².